The number of carbonyl (C=O) groups excluding carboxylic acids is 1. The molecule has 0 bridgehead atoms. The number of amides is 1. The third-order valence-electron chi connectivity index (χ3n) is 5.06. The van der Waals surface area contributed by atoms with Crippen LogP contribution in [-0.4, -0.2) is 54.5 Å². The molecule has 0 aromatic heterocycles. The van der Waals surface area contributed by atoms with Crippen molar-refractivity contribution in [3.8, 4) is 0 Å². The summed E-state index contributed by atoms with van der Waals surface area (Å²) in [5.74, 6) is 1.75. The Hall–Kier alpha value is -0.320. The number of rotatable bonds is 2. The van der Waals surface area contributed by atoms with Crippen LogP contribution >= 0.6 is 12.4 Å². The number of hydrogen-bond acceptors (Lipinski definition) is 3. The molecule has 5 heteroatoms. The van der Waals surface area contributed by atoms with Crippen molar-refractivity contribution in [2.75, 3.05) is 32.7 Å². The van der Waals surface area contributed by atoms with Crippen LogP contribution in [0.5, 0.6) is 0 Å². The highest BCUT2D eigenvalue weighted by atomic mass is 35.5. The van der Waals surface area contributed by atoms with E-state index in [0.717, 1.165) is 32.1 Å². The van der Waals surface area contributed by atoms with Crippen LogP contribution in [0.4, 0.5) is 0 Å². The van der Waals surface area contributed by atoms with Crippen LogP contribution in [0.1, 0.15) is 32.1 Å². The van der Waals surface area contributed by atoms with Gasteiger partial charge in [0.1, 0.15) is 0 Å². The summed E-state index contributed by atoms with van der Waals surface area (Å²) in [5, 5.41) is 0. The van der Waals surface area contributed by atoms with Crippen molar-refractivity contribution in [1.29, 1.82) is 0 Å². The molecular formula is C14H26ClN3O. The smallest absolute Gasteiger partial charge is 0.236 e. The maximum atomic E-state index is 12.2. The maximum absolute atomic E-state index is 12.2. The van der Waals surface area contributed by atoms with E-state index in [9.17, 15) is 4.79 Å². The van der Waals surface area contributed by atoms with E-state index in [4.69, 9.17) is 5.73 Å². The zero-order valence-corrected chi connectivity index (χ0v) is 12.4. The van der Waals surface area contributed by atoms with E-state index in [1.807, 2.05) is 0 Å². The Labute approximate surface area is 122 Å². The maximum Gasteiger partial charge on any atom is 0.236 e. The lowest BCUT2D eigenvalue weighted by Gasteiger charge is -2.29. The molecule has 2 aliphatic heterocycles. The Morgan fingerprint density at radius 1 is 1.11 bits per heavy atom. The third-order valence-corrected chi connectivity index (χ3v) is 5.06. The van der Waals surface area contributed by atoms with Crippen LogP contribution in [0.15, 0.2) is 0 Å². The van der Waals surface area contributed by atoms with Crippen LogP contribution < -0.4 is 5.73 Å². The molecule has 0 aromatic rings. The monoisotopic (exact) mass is 287 g/mol. The van der Waals surface area contributed by atoms with Crippen LogP contribution in [0.3, 0.4) is 0 Å². The summed E-state index contributed by atoms with van der Waals surface area (Å²) in [7, 11) is 0. The molecule has 3 atom stereocenters. The molecule has 1 aliphatic carbocycles. The molecule has 2 N–H and O–H groups in total. The second kappa shape index (κ2) is 6.42. The SMILES string of the molecule is Cl.NC1CCC2CN(CC(=O)N3CCCCC3)CC12. The normalized spacial score (nSPS) is 35.0. The molecule has 19 heavy (non-hydrogen) atoms. The molecule has 3 unspecified atom stereocenters. The summed E-state index contributed by atoms with van der Waals surface area (Å²) in [6, 6.07) is 0.380. The minimum absolute atomic E-state index is 0. The zero-order chi connectivity index (χ0) is 12.5. The van der Waals surface area contributed by atoms with Gasteiger partial charge in [-0.1, -0.05) is 0 Å². The standard InChI is InChI=1S/C14H25N3O.ClH/c15-13-5-4-11-8-16(9-12(11)13)10-14(18)17-6-2-1-3-7-17;/h11-13H,1-10,15H2;1H. The van der Waals surface area contributed by atoms with E-state index in [-0.39, 0.29) is 12.4 Å². The van der Waals surface area contributed by atoms with Crippen LogP contribution in [0.2, 0.25) is 0 Å². The lowest BCUT2D eigenvalue weighted by atomic mass is 9.98. The predicted octanol–water partition coefficient (Wildman–Crippen LogP) is 1.09. The fourth-order valence-corrected chi connectivity index (χ4v) is 3.96. The van der Waals surface area contributed by atoms with Crippen LogP contribution in [0, 0.1) is 11.8 Å². The molecule has 1 amide bonds. The molecule has 1 saturated carbocycles. The number of carbonyl (C=O) groups is 1. The largest absolute Gasteiger partial charge is 0.342 e. The minimum Gasteiger partial charge on any atom is -0.342 e. The lowest BCUT2D eigenvalue weighted by Crippen LogP contribution is -2.42. The number of nitrogens with zero attached hydrogens (tertiary/aromatic N) is 2. The second-order valence-electron chi connectivity index (χ2n) is 6.30. The molecule has 0 aromatic carbocycles. The highest BCUT2D eigenvalue weighted by Gasteiger charge is 2.41. The van der Waals surface area contributed by atoms with Gasteiger partial charge in [-0.3, -0.25) is 9.69 Å². The number of fused-ring (bicyclic) bond motifs is 1. The number of nitrogens with two attached hydrogens (primary N) is 1. The first-order valence-corrected chi connectivity index (χ1v) is 7.50. The number of likely N-dealkylation sites (tertiary alicyclic amines) is 2. The fourth-order valence-electron chi connectivity index (χ4n) is 3.96. The average molecular weight is 288 g/mol. The zero-order valence-electron chi connectivity index (χ0n) is 11.6. The van der Waals surface area contributed by atoms with Gasteiger partial charge in [0.05, 0.1) is 6.54 Å². The first-order valence-electron chi connectivity index (χ1n) is 7.50. The molecule has 4 nitrogen and oxygen atoms in total. The number of hydrogen-bond donors (Lipinski definition) is 1. The third kappa shape index (κ3) is 3.23. The van der Waals surface area contributed by atoms with Gasteiger partial charge in [-0.25, -0.2) is 0 Å². The first kappa shape index (κ1) is 15.1. The molecule has 3 fully saturated rings. The topological polar surface area (TPSA) is 49.6 Å². The first-order chi connectivity index (χ1) is 8.74. The van der Waals surface area contributed by atoms with Crippen molar-refractivity contribution >= 4 is 18.3 Å². The van der Waals surface area contributed by atoms with Crippen molar-refractivity contribution in [3.63, 3.8) is 0 Å². The van der Waals surface area contributed by atoms with Crippen molar-refractivity contribution in [1.82, 2.24) is 9.80 Å². The molecule has 3 rings (SSSR count). The van der Waals surface area contributed by atoms with Gasteiger partial charge in [0, 0.05) is 32.2 Å². The lowest BCUT2D eigenvalue weighted by molar-refractivity contribution is -0.133. The molecular weight excluding hydrogens is 262 g/mol. The second-order valence-corrected chi connectivity index (χ2v) is 6.30. The minimum atomic E-state index is 0. The van der Waals surface area contributed by atoms with Crippen molar-refractivity contribution in [2.24, 2.45) is 17.6 Å². The predicted molar refractivity (Wildman–Crippen MR) is 78.3 cm³/mol. The summed E-state index contributed by atoms with van der Waals surface area (Å²) >= 11 is 0. The van der Waals surface area contributed by atoms with Crippen LogP contribution in [0.25, 0.3) is 0 Å². The molecule has 0 spiro atoms. The molecule has 2 saturated heterocycles. The van der Waals surface area contributed by atoms with Gasteiger partial charge in [0.2, 0.25) is 5.91 Å². The van der Waals surface area contributed by atoms with Crippen molar-refractivity contribution in [2.45, 2.75) is 38.1 Å². The highest BCUT2D eigenvalue weighted by molar-refractivity contribution is 5.85. The Balaban J connectivity index is 0.00000133. The quantitative estimate of drug-likeness (QED) is 0.827. The van der Waals surface area contributed by atoms with Gasteiger partial charge in [-0.2, -0.15) is 0 Å². The van der Waals surface area contributed by atoms with Gasteiger partial charge in [0.25, 0.3) is 0 Å². The number of piperidine rings is 1. The van der Waals surface area contributed by atoms with Gasteiger partial charge >= 0.3 is 0 Å². The Kier molecular flexibility index (Phi) is 5.09. The Morgan fingerprint density at radius 2 is 1.84 bits per heavy atom. The molecule has 3 aliphatic rings. The summed E-state index contributed by atoms with van der Waals surface area (Å²) in [6.45, 7) is 4.71. The Bertz CT molecular complexity index is 320. The molecule has 0 radical (unpaired) electrons. The number of halogens is 1. The van der Waals surface area contributed by atoms with Gasteiger partial charge in [0.15, 0.2) is 0 Å². The van der Waals surface area contributed by atoms with E-state index < -0.39 is 0 Å². The van der Waals surface area contributed by atoms with Crippen molar-refractivity contribution in [3.05, 3.63) is 0 Å². The highest BCUT2D eigenvalue weighted by Crippen LogP contribution is 2.36. The van der Waals surface area contributed by atoms with E-state index >= 15 is 0 Å². The molecule has 110 valence electrons. The van der Waals surface area contributed by atoms with Gasteiger partial charge < -0.3 is 10.6 Å². The van der Waals surface area contributed by atoms with Gasteiger partial charge in [-0.15, -0.1) is 12.4 Å². The average Bonchev–Trinajstić information content (AvgIpc) is 2.93. The van der Waals surface area contributed by atoms with E-state index in [1.165, 1.54) is 32.1 Å². The fraction of sp³-hybridized carbons (Fsp3) is 0.929. The van der Waals surface area contributed by atoms with Crippen LogP contribution in [-0.2, 0) is 4.79 Å². The summed E-state index contributed by atoms with van der Waals surface area (Å²) in [6.07, 6.45) is 6.10. The van der Waals surface area contributed by atoms with E-state index in [2.05, 4.69) is 9.80 Å². The summed E-state index contributed by atoms with van der Waals surface area (Å²) in [5.41, 5.74) is 6.13. The molecule has 2 heterocycles. The summed E-state index contributed by atoms with van der Waals surface area (Å²) < 4.78 is 0. The van der Waals surface area contributed by atoms with E-state index in [1.54, 1.807) is 0 Å². The van der Waals surface area contributed by atoms with E-state index in [0.29, 0.717) is 24.4 Å². The summed E-state index contributed by atoms with van der Waals surface area (Å²) in [4.78, 5) is 16.6. The van der Waals surface area contributed by atoms with Crippen molar-refractivity contribution < 1.29 is 4.79 Å². The van der Waals surface area contributed by atoms with Gasteiger partial charge in [-0.05, 0) is 43.9 Å². The Morgan fingerprint density at radius 3 is 2.53 bits per heavy atom.